The molecule has 0 saturated heterocycles. The highest BCUT2D eigenvalue weighted by Crippen LogP contribution is 2.35. The van der Waals surface area contributed by atoms with Crippen LogP contribution in [0.15, 0.2) is 0 Å². The van der Waals surface area contributed by atoms with Crippen molar-refractivity contribution in [3.05, 3.63) is 0 Å². The zero-order valence-electron chi connectivity index (χ0n) is 9.68. The number of alkyl halides is 3. The second kappa shape index (κ2) is 4.89. The van der Waals surface area contributed by atoms with Gasteiger partial charge in [0.05, 0.1) is 18.7 Å². The van der Waals surface area contributed by atoms with Crippen LogP contribution in [0.4, 0.5) is 13.2 Å². The number of rotatable bonds is 6. The van der Waals surface area contributed by atoms with Crippen molar-refractivity contribution in [2.45, 2.75) is 37.5 Å². The SMILES string of the molecule is COCC(C)(CN)N(CC(F)(F)F)C1CC1. The summed E-state index contributed by atoms with van der Waals surface area (Å²) < 4.78 is 42.4. The van der Waals surface area contributed by atoms with Gasteiger partial charge >= 0.3 is 6.18 Å². The molecule has 1 fully saturated rings. The molecule has 1 aliphatic carbocycles. The Labute approximate surface area is 93.7 Å². The molecule has 0 aromatic heterocycles. The Morgan fingerprint density at radius 2 is 1.94 bits per heavy atom. The number of methoxy groups -OCH3 is 1. The Bertz CT molecular complexity index is 231. The van der Waals surface area contributed by atoms with Crippen molar-refractivity contribution in [3.63, 3.8) is 0 Å². The predicted molar refractivity (Wildman–Crippen MR) is 55.1 cm³/mol. The van der Waals surface area contributed by atoms with E-state index in [4.69, 9.17) is 10.5 Å². The molecular weight excluding hydrogens is 221 g/mol. The highest BCUT2D eigenvalue weighted by Gasteiger charge is 2.46. The van der Waals surface area contributed by atoms with Crippen molar-refractivity contribution >= 4 is 0 Å². The minimum atomic E-state index is -4.19. The van der Waals surface area contributed by atoms with Gasteiger partial charge < -0.3 is 10.5 Å². The minimum absolute atomic E-state index is 0.00493. The van der Waals surface area contributed by atoms with E-state index in [1.54, 1.807) is 6.92 Å². The molecule has 1 saturated carbocycles. The molecule has 0 amide bonds. The third kappa shape index (κ3) is 3.61. The van der Waals surface area contributed by atoms with E-state index in [0.29, 0.717) is 0 Å². The van der Waals surface area contributed by atoms with Crippen molar-refractivity contribution in [2.75, 3.05) is 26.8 Å². The van der Waals surface area contributed by atoms with E-state index < -0.39 is 18.3 Å². The lowest BCUT2D eigenvalue weighted by atomic mass is 10.0. The van der Waals surface area contributed by atoms with Crippen LogP contribution in [0.2, 0.25) is 0 Å². The Hall–Kier alpha value is -0.330. The molecule has 2 N–H and O–H groups in total. The summed E-state index contributed by atoms with van der Waals surface area (Å²) in [7, 11) is 1.48. The summed E-state index contributed by atoms with van der Waals surface area (Å²) in [5.74, 6) is 0. The largest absolute Gasteiger partial charge is 0.401 e. The van der Waals surface area contributed by atoms with Crippen LogP contribution in [0.3, 0.4) is 0 Å². The third-order valence-corrected chi connectivity index (χ3v) is 2.93. The van der Waals surface area contributed by atoms with Gasteiger partial charge in [-0.3, -0.25) is 4.90 Å². The first-order valence-electron chi connectivity index (χ1n) is 5.35. The first-order valence-corrected chi connectivity index (χ1v) is 5.35. The van der Waals surface area contributed by atoms with E-state index in [0.717, 1.165) is 12.8 Å². The molecule has 6 heteroatoms. The topological polar surface area (TPSA) is 38.5 Å². The molecule has 96 valence electrons. The van der Waals surface area contributed by atoms with E-state index in [1.807, 2.05) is 0 Å². The molecule has 1 rings (SSSR count). The maximum Gasteiger partial charge on any atom is 0.401 e. The predicted octanol–water partition coefficient (Wildman–Crippen LogP) is 1.38. The first kappa shape index (κ1) is 13.7. The van der Waals surface area contributed by atoms with E-state index in [2.05, 4.69) is 0 Å². The summed E-state index contributed by atoms with van der Waals surface area (Å²) in [5, 5.41) is 0. The van der Waals surface area contributed by atoms with Gasteiger partial charge in [-0.1, -0.05) is 0 Å². The van der Waals surface area contributed by atoms with Gasteiger partial charge in [-0.05, 0) is 19.8 Å². The fourth-order valence-corrected chi connectivity index (χ4v) is 1.91. The molecule has 0 heterocycles. The number of ether oxygens (including phenoxy) is 1. The molecule has 0 radical (unpaired) electrons. The average molecular weight is 240 g/mol. The van der Waals surface area contributed by atoms with E-state index in [9.17, 15) is 13.2 Å². The fourth-order valence-electron chi connectivity index (χ4n) is 1.91. The van der Waals surface area contributed by atoms with Crippen LogP contribution in [0.1, 0.15) is 19.8 Å². The van der Waals surface area contributed by atoms with Gasteiger partial charge in [-0.15, -0.1) is 0 Å². The lowest BCUT2D eigenvalue weighted by molar-refractivity contribution is -0.163. The van der Waals surface area contributed by atoms with Crippen LogP contribution in [0.5, 0.6) is 0 Å². The maximum atomic E-state index is 12.5. The van der Waals surface area contributed by atoms with Gasteiger partial charge in [0.15, 0.2) is 0 Å². The zero-order chi connectivity index (χ0) is 12.4. The van der Waals surface area contributed by atoms with Crippen molar-refractivity contribution in [1.82, 2.24) is 4.90 Å². The number of nitrogens with zero attached hydrogens (tertiary/aromatic N) is 1. The van der Waals surface area contributed by atoms with Crippen LogP contribution >= 0.6 is 0 Å². The van der Waals surface area contributed by atoms with Crippen molar-refractivity contribution in [1.29, 1.82) is 0 Å². The Kier molecular flexibility index (Phi) is 4.20. The summed E-state index contributed by atoms with van der Waals surface area (Å²) in [6.45, 7) is 1.19. The lowest BCUT2D eigenvalue weighted by Gasteiger charge is -2.40. The summed E-state index contributed by atoms with van der Waals surface area (Å²) in [6.07, 6.45) is -2.56. The Morgan fingerprint density at radius 1 is 1.38 bits per heavy atom. The number of halogens is 3. The Morgan fingerprint density at radius 3 is 2.25 bits per heavy atom. The van der Waals surface area contributed by atoms with Crippen LogP contribution in [0, 0.1) is 0 Å². The van der Waals surface area contributed by atoms with E-state index in [-0.39, 0.29) is 19.2 Å². The van der Waals surface area contributed by atoms with Crippen LogP contribution in [-0.2, 0) is 4.74 Å². The summed E-state index contributed by atoms with van der Waals surface area (Å²) in [6, 6.07) is 0.00493. The molecule has 3 nitrogen and oxygen atoms in total. The number of hydrogen-bond donors (Lipinski definition) is 1. The molecule has 16 heavy (non-hydrogen) atoms. The second-order valence-electron chi connectivity index (χ2n) is 4.61. The molecular formula is C10H19F3N2O. The number of hydrogen-bond acceptors (Lipinski definition) is 3. The monoisotopic (exact) mass is 240 g/mol. The van der Waals surface area contributed by atoms with Gasteiger partial charge in [-0.2, -0.15) is 13.2 Å². The summed E-state index contributed by atoms with van der Waals surface area (Å²) >= 11 is 0. The van der Waals surface area contributed by atoms with Crippen molar-refractivity contribution in [2.24, 2.45) is 5.73 Å². The third-order valence-electron chi connectivity index (χ3n) is 2.93. The second-order valence-corrected chi connectivity index (χ2v) is 4.61. The normalized spacial score (nSPS) is 21.2. The lowest BCUT2D eigenvalue weighted by Crippen LogP contribution is -2.58. The van der Waals surface area contributed by atoms with Gasteiger partial charge in [0.25, 0.3) is 0 Å². The van der Waals surface area contributed by atoms with E-state index >= 15 is 0 Å². The molecule has 0 spiro atoms. The van der Waals surface area contributed by atoms with Gasteiger partial charge in [-0.25, -0.2) is 0 Å². The van der Waals surface area contributed by atoms with Crippen LogP contribution in [0.25, 0.3) is 0 Å². The van der Waals surface area contributed by atoms with Crippen LogP contribution < -0.4 is 5.73 Å². The molecule has 0 aliphatic heterocycles. The standard InChI is InChI=1S/C10H19F3N2O/c1-9(5-14,7-16-2)15(8-3-4-8)6-10(11,12)13/h8H,3-7,14H2,1-2H3. The summed E-state index contributed by atoms with van der Waals surface area (Å²) in [4.78, 5) is 1.44. The molecule has 0 aromatic carbocycles. The van der Waals surface area contributed by atoms with Crippen LogP contribution in [-0.4, -0.2) is 49.5 Å². The van der Waals surface area contributed by atoms with Gasteiger partial charge in [0.2, 0.25) is 0 Å². The van der Waals surface area contributed by atoms with Gasteiger partial charge in [0, 0.05) is 19.7 Å². The molecule has 1 aliphatic rings. The Balaban J connectivity index is 2.74. The minimum Gasteiger partial charge on any atom is -0.383 e. The molecule has 1 atom stereocenters. The number of nitrogens with two attached hydrogens (primary N) is 1. The highest BCUT2D eigenvalue weighted by atomic mass is 19.4. The summed E-state index contributed by atoms with van der Waals surface area (Å²) in [5.41, 5.74) is 4.86. The van der Waals surface area contributed by atoms with Crippen molar-refractivity contribution in [3.8, 4) is 0 Å². The first-order chi connectivity index (χ1) is 7.32. The highest BCUT2D eigenvalue weighted by molar-refractivity contribution is 4.97. The molecule has 0 aromatic rings. The molecule has 1 unspecified atom stereocenters. The zero-order valence-corrected chi connectivity index (χ0v) is 9.68. The van der Waals surface area contributed by atoms with Crippen molar-refractivity contribution < 1.29 is 17.9 Å². The van der Waals surface area contributed by atoms with Gasteiger partial charge in [0.1, 0.15) is 0 Å². The quantitative estimate of drug-likeness (QED) is 0.762. The fraction of sp³-hybridized carbons (Fsp3) is 1.00. The molecule has 0 bridgehead atoms. The van der Waals surface area contributed by atoms with E-state index in [1.165, 1.54) is 12.0 Å². The average Bonchev–Trinajstić information content (AvgIpc) is 2.96. The maximum absolute atomic E-state index is 12.5. The smallest absolute Gasteiger partial charge is 0.383 e.